The van der Waals surface area contributed by atoms with Gasteiger partial charge in [-0.2, -0.15) is 0 Å². The van der Waals surface area contributed by atoms with Crippen LogP contribution < -0.4 is 5.32 Å². The summed E-state index contributed by atoms with van der Waals surface area (Å²) in [6.45, 7) is 0.610. The summed E-state index contributed by atoms with van der Waals surface area (Å²) in [5.41, 5.74) is 1.94. The maximum Gasteiger partial charge on any atom is 0.137 e. The van der Waals surface area contributed by atoms with E-state index < -0.39 is 0 Å². The standard InChI is InChI=1S/C13H9Br2ClFN/c14-10-5-8(1-3-12(10)17)7-18-13-4-2-9(16)6-11(13)15/h1-6,18H,7H2. The zero-order chi connectivity index (χ0) is 13.1. The van der Waals surface area contributed by atoms with Crippen molar-refractivity contribution in [1.82, 2.24) is 0 Å². The van der Waals surface area contributed by atoms with Crippen molar-refractivity contribution in [1.29, 1.82) is 0 Å². The zero-order valence-corrected chi connectivity index (χ0v) is 13.1. The maximum atomic E-state index is 13.1. The summed E-state index contributed by atoms with van der Waals surface area (Å²) in [7, 11) is 0. The first-order valence-electron chi connectivity index (χ1n) is 5.19. The highest BCUT2D eigenvalue weighted by atomic mass is 79.9. The predicted octanol–water partition coefficient (Wildman–Crippen LogP) is 5.62. The van der Waals surface area contributed by atoms with Gasteiger partial charge in [0, 0.05) is 21.7 Å². The van der Waals surface area contributed by atoms with E-state index in [-0.39, 0.29) is 5.82 Å². The number of hydrogen-bond acceptors (Lipinski definition) is 1. The highest BCUT2D eigenvalue weighted by Crippen LogP contribution is 2.26. The molecule has 0 amide bonds. The average Bonchev–Trinajstić information content (AvgIpc) is 2.32. The highest BCUT2D eigenvalue weighted by Gasteiger charge is 2.03. The first kappa shape index (κ1) is 13.8. The van der Waals surface area contributed by atoms with E-state index in [0.29, 0.717) is 16.0 Å². The lowest BCUT2D eigenvalue weighted by atomic mass is 10.2. The molecule has 0 aliphatic carbocycles. The molecule has 1 N–H and O–H groups in total. The van der Waals surface area contributed by atoms with Crippen molar-refractivity contribution in [3.63, 3.8) is 0 Å². The van der Waals surface area contributed by atoms with Gasteiger partial charge in [-0.1, -0.05) is 17.7 Å². The van der Waals surface area contributed by atoms with Gasteiger partial charge in [-0.15, -0.1) is 0 Å². The molecule has 18 heavy (non-hydrogen) atoms. The van der Waals surface area contributed by atoms with Crippen LogP contribution in [0.2, 0.25) is 5.02 Å². The molecule has 2 aromatic rings. The summed E-state index contributed by atoms with van der Waals surface area (Å²) >= 11 is 12.5. The molecular formula is C13H9Br2ClFN. The molecule has 0 aliphatic heterocycles. The Hall–Kier alpha value is -0.580. The molecule has 94 valence electrons. The van der Waals surface area contributed by atoms with Crippen molar-refractivity contribution in [2.75, 3.05) is 5.32 Å². The monoisotopic (exact) mass is 391 g/mol. The van der Waals surface area contributed by atoms with E-state index in [1.165, 1.54) is 6.07 Å². The van der Waals surface area contributed by atoms with Crippen LogP contribution in [-0.2, 0) is 6.54 Å². The maximum absolute atomic E-state index is 13.1. The molecule has 0 bridgehead atoms. The molecule has 0 saturated carbocycles. The fraction of sp³-hybridized carbons (Fsp3) is 0.0769. The van der Waals surface area contributed by atoms with E-state index >= 15 is 0 Å². The van der Waals surface area contributed by atoms with Gasteiger partial charge in [0.1, 0.15) is 5.82 Å². The van der Waals surface area contributed by atoms with Crippen LogP contribution in [0.25, 0.3) is 0 Å². The molecule has 0 radical (unpaired) electrons. The fourth-order valence-corrected chi connectivity index (χ4v) is 2.73. The summed E-state index contributed by atoms with van der Waals surface area (Å²) < 4.78 is 14.4. The minimum Gasteiger partial charge on any atom is -0.380 e. The molecule has 0 saturated heterocycles. The predicted molar refractivity (Wildman–Crippen MR) is 80.6 cm³/mol. The third-order valence-corrected chi connectivity index (χ3v) is 3.90. The van der Waals surface area contributed by atoms with Crippen molar-refractivity contribution in [3.8, 4) is 0 Å². The molecule has 0 atom stereocenters. The fourth-order valence-electron chi connectivity index (χ4n) is 1.48. The zero-order valence-electron chi connectivity index (χ0n) is 9.18. The quantitative estimate of drug-likeness (QED) is 0.714. The van der Waals surface area contributed by atoms with E-state index in [4.69, 9.17) is 11.6 Å². The van der Waals surface area contributed by atoms with Crippen LogP contribution >= 0.6 is 43.5 Å². The summed E-state index contributed by atoms with van der Waals surface area (Å²) in [6.07, 6.45) is 0. The summed E-state index contributed by atoms with van der Waals surface area (Å²) in [4.78, 5) is 0. The van der Waals surface area contributed by atoms with E-state index in [1.54, 1.807) is 12.1 Å². The van der Waals surface area contributed by atoms with Crippen LogP contribution in [-0.4, -0.2) is 0 Å². The van der Waals surface area contributed by atoms with Gasteiger partial charge in [0.2, 0.25) is 0 Å². The molecule has 1 nitrogen and oxygen atoms in total. The number of hydrogen-bond donors (Lipinski definition) is 1. The number of rotatable bonds is 3. The average molecular weight is 393 g/mol. The van der Waals surface area contributed by atoms with Crippen LogP contribution in [0.4, 0.5) is 10.1 Å². The normalized spacial score (nSPS) is 10.4. The second kappa shape index (κ2) is 6.04. The van der Waals surface area contributed by atoms with E-state index in [0.717, 1.165) is 15.7 Å². The van der Waals surface area contributed by atoms with Crippen LogP contribution in [0, 0.1) is 5.82 Å². The van der Waals surface area contributed by atoms with Crippen LogP contribution in [0.3, 0.4) is 0 Å². The Morgan fingerprint density at radius 2 is 1.83 bits per heavy atom. The first-order valence-corrected chi connectivity index (χ1v) is 7.15. The van der Waals surface area contributed by atoms with Crippen molar-refractivity contribution in [2.24, 2.45) is 0 Å². The van der Waals surface area contributed by atoms with Gasteiger partial charge in [0.05, 0.1) is 4.47 Å². The first-order chi connectivity index (χ1) is 8.56. The third kappa shape index (κ3) is 3.46. The van der Waals surface area contributed by atoms with Crippen LogP contribution in [0.5, 0.6) is 0 Å². The molecule has 0 fully saturated rings. The Labute approximate surface area is 127 Å². The Balaban J connectivity index is 2.09. The second-order valence-corrected chi connectivity index (χ2v) is 5.87. The van der Waals surface area contributed by atoms with Gasteiger partial charge in [0.25, 0.3) is 0 Å². The van der Waals surface area contributed by atoms with Gasteiger partial charge in [-0.05, 0) is 67.8 Å². The van der Waals surface area contributed by atoms with E-state index in [2.05, 4.69) is 37.2 Å². The summed E-state index contributed by atoms with van der Waals surface area (Å²) in [6, 6.07) is 10.5. The molecule has 0 heterocycles. The van der Waals surface area contributed by atoms with Gasteiger partial charge >= 0.3 is 0 Å². The van der Waals surface area contributed by atoms with Gasteiger partial charge in [0.15, 0.2) is 0 Å². The van der Waals surface area contributed by atoms with Crippen molar-refractivity contribution in [2.45, 2.75) is 6.54 Å². The number of anilines is 1. The minimum absolute atomic E-state index is 0.258. The Bertz CT molecular complexity index is 575. The Morgan fingerprint density at radius 3 is 2.50 bits per heavy atom. The molecule has 0 aliphatic rings. The van der Waals surface area contributed by atoms with Gasteiger partial charge in [-0.25, -0.2) is 4.39 Å². The second-order valence-electron chi connectivity index (χ2n) is 3.73. The molecular weight excluding hydrogens is 384 g/mol. The van der Waals surface area contributed by atoms with Crippen molar-refractivity contribution >= 4 is 49.1 Å². The molecule has 5 heteroatoms. The van der Waals surface area contributed by atoms with Crippen molar-refractivity contribution in [3.05, 3.63) is 61.7 Å². The van der Waals surface area contributed by atoms with Crippen LogP contribution in [0.1, 0.15) is 5.56 Å². The summed E-state index contributed by atoms with van der Waals surface area (Å²) in [5.74, 6) is -0.258. The minimum atomic E-state index is -0.258. The topological polar surface area (TPSA) is 12.0 Å². The molecule has 0 aromatic heterocycles. The Morgan fingerprint density at radius 1 is 1.06 bits per heavy atom. The smallest absolute Gasteiger partial charge is 0.137 e. The molecule has 2 aromatic carbocycles. The highest BCUT2D eigenvalue weighted by molar-refractivity contribution is 9.10. The van der Waals surface area contributed by atoms with Crippen LogP contribution in [0.15, 0.2) is 45.3 Å². The van der Waals surface area contributed by atoms with E-state index in [9.17, 15) is 4.39 Å². The number of halogens is 4. The third-order valence-electron chi connectivity index (χ3n) is 2.40. The largest absolute Gasteiger partial charge is 0.380 e. The number of nitrogens with one attached hydrogen (secondary N) is 1. The molecule has 0 unspecified atom stereocenters. The van der Waals surface area contributed by atoms with E-state index in [1.807, 2.05) is 18.2 Å². The number of benzene rings is 2. The lowest BCUT2D eigenvalue weighted by Gasteiger charge is -2.09. The van der Waals surface area contributed by atoms with Gasteiger partial charge in [-0.3, -0.25) is 0 Å². The lowest BCUT2D eigenvalue weighted by Crippen LogP contribution is -2.00. The van der Waals surface area contributed by atoms with Crippen molar-refractivity contribution < 1.29 is 4.39 Å². The molecule has 0 spiro atoms. The lowest BCUT2D eigenvalue weighted by molar-refractivity contribution is 0.620. The SMILES string of the molecule is Fc1ccc(CNc2ccc(Cl)cc2Br)cc1Br. The van der Waals surface area contributed by atoms with Gasteiger partial charge < -0.3 is 5.32 Å². The molecule has 2 rings (SSSR count). The Kier molecular flexibility index (Phi) is 4.65. The summed E-state index contributed by atoms with van der Waals surface area (Å²) in [5, 5.41) is 3.93.